The van der Waals surface area contributed by atoms with Crippen molar-refractivity contribution >= 4 is 5.91 Å². The standard InChI is InChI=1S/C16H36N4O/c1-15(17)9-6-10-16(21)20(13-7-11-18(2)3)14-8-12-19(4)5/h15H,6-14,17H2,1-5H3. The number of hydrogen-bond donors (Lipinski definition) is 1. The van der Waals surface area contributed by atoms with E-state index in [1.807, 2.05) is 11.8 Å². The lowest BCUT2D eigenvalue weighted by Crippen LogP contribution is -2.35. The zero-order valence-electron chi connectivity index (χ0n) is 14.8. The molecule has 1 amide bonds. The summed E-state index contributed by atoms with van der Waals surface area (Å²) in [5, 5.41) is 0. The minimum Gasteiger partial charge on any atom is -0.343 e. The second kappa shape index (κ2) is 12.0. The van der Waals surface area contributed by atoms with Gasteiger partial charge >= 0.3 is 0 Å². The molecule has 126 valence electrons. The van der Waals surface area contributed by atoms with E-state index in [1.54, 1.807) is 0 Å². The molecular formula is C16H36N4O. The van der Waals surface area contributed by atoms with Gasteiger partial charge in [0.15, 0.2) is 0 Å². The summed E-state index contributed by atoms with van der Waals surface area (Å²) >= 11 is 0. The van der Waals surface area contributed by atoms with Crippen LogP contribution in [0.1, 0.15) is 39.0 Å². The zero-order valence-corrected chi connectivity index (χ0v) is 14.8. The van der Waals surface area contributed by atoms with Crippen molar-refractivity contribution in [2.45, 2.75) is 45.1 Å². The summed E-state index contributed by atoms with van der Waals surface area (Å²) in [7, 11) is 8.28. The molecule has 1 atom stereocenters. The first-order chi connectivity index (χ1) is 9.82. The average Bonchev–Trinajstić information content (AvgIpc) is 2.35. The highest BCUT2D eigenvalue weighted by atomic mass is 16.2. The molecule has 0 bridgehead atoms. The molecule has 0 saturated heterocycles. The first-order valence-electron chi connectivity index (χ1n) is 8.15. The van der Waals surface area contributed by atoms with Crippen LogP contribution in [0.15, 0.2) is 0 Å². The lowest BCUT2D eigenvalue weighted by Gasteiger charge is -2.24. The van der Waals surface area contributed by atoms with Crippen molar-refractivity contribution in [3.63, 3.8) is 0 Å². The molecule has 0 aliphatic rings. The molecule has 5 heteroatoms. The van der Waals surface area contributed by atoms with Crippen LogP contribution in [0.2, 0.25) is 0 Å². The van der Waals surface area contributed by atoms with E-state index in [4.69, 9.17) is 5.73 Å². The predicted octanol–water partition coefficient (Wildman–Crippen LogP) is 1.24. The van der Waals surface area contributed by atoms with Crippen LogP contribution in [-0.2, 0) is 4.79 Å². The van der Waals surface area contributed by atoms with Gasteiger partial charge in [-0.25, -0.2) is 0 Å². The smallest absolute Gasteiger partial charge is 0.222 e. The van der Waals surface area contributed by atoms with Crippen molar-refractivity contribution in [1.82, 2.24) is 14.7 Å². The molecule has 21 heavy (non-hydrogen) atoms. The highest BCUT2D eigenvalue weighted by molar-refractivity contribution is 5.76. The number of carbonyl (C=O) groups excluding carboxylic acids is 1. The van der Waals surface area contributed by atoms with E-state index in [2.05, 4.69) is 38.0 Å². The maximum absolute atomic E-state index is 12.3. The number of amides is 1. The summed E-state index contributed by atoms with van der Waals surface area (Å²) in [6.07, 6.45) is 4.52. The number of hydrogen-bond acceptors (Lipinski definition) is 4. The Morgan fingerprint density at radius 1 is 0.905 bits per heavy atom. The summed E-state index contributed by atoms with van der Waals surface area (Å²) in [6, 6.07) is 0.189. The van der Waals surface area contributed by atoms with Crippen LogP contribution in [0, 0.1) is 0 Å². The summed E-state index contributed by atoms with van der Waals surface area (Å²) in [5.74, 6) is 0.285. The molecule has 0 fully saturated rings. The molecule has 0 radical (unpaired) electrons. The van der Waals surface area contributed by atoms with Gasteiger partial charge in [-0.1, -0.05) is 0 Å². The lowest BCUT2D eigenvalue weighted by molar-refractivity contribution is -0.131. The summed E-state index contributed by atoms with van der Waals surface area (Å²) in [5.41, 5.74) is 5.75. The van der Waals surface area contributed by atoms with Gasteiger partial charge in [0.25, 0.3) is 0 Å². The normalized spacial score (nSPS) is 13.0. The molecule has 0 heterocycles. The van der Waals surface area contributed by atoms with Crippen molar-refractivity contribution in [2.75, 3.05) is 54.4 Å². The molecule has 0 spiro atoms. The topological polar surface area (TPSA) is 52.8 Å². The molecule has 1 unspecified atom stereocenters. The molecule has 5 nitrogen and oxygen atoms in total. The van der Waals surface area contributed by atoms with E-state index < -0.39 is 0 Å². The van der Waals surface area contributed by atoms with Crippen LogP contribution in [0.4, 0.5) is 0 Å². The van der Waals surface area contributed by atoms with E-state index in [1.165, 1.54) is 0 Å². The van der Waals surface area contributed by atoms with Crippen molar-refractivity contribution in [3.05, 3.63) is 0 Å². The fourth-order valence-electron chi connectivity index (χ4n) is 2.25. The third-order valence-corrected chi connectivity index (χ3v) is 3.47. The van der Waals surface area contributed by atoms with Crippen LogP contribution in [0.5, 0.6) is 0 Å². The molecule has 0 aromatic heterocycles. The van der Waals surface area contributed by atoms with E-state index >= 15 is 0 Å². The summed E-state index contributed by atoms with van der Waals surface area (Å²) in [4.78, 5) is 18.7. The Morgan fingerprint density at radius 2 is 1.38 bits per heavy atom. The Hall–Kier alpha value is -0.650. The lowest BCUT2D eigenvalue weighted by atomic mass is 10.1. The highest BCUT2D eigenvalue weighted by Crippen LogP contribution is 2.05. The Morgan fingerprint density at radius 3 is 1.76 bits per heavy atom. The van der Waals surface area contributed by atoms with E-state index in [0.29, 0.717) is 6.42 Å². The molecule has 2 N–H and O–H groups in total. The maximum Gasteiger partial charge on any atom is 0.222 e. The number of carbonyl (C=O) groups is 1. The zero-order chi connectivity index (χ0) is 16.3. The van der Waals surface area contributed by atoms with E-state index in [-0.39, 0.29) is 11.9 Å². The van der Waals surface area contributed by atoms with Gasteiger partial charge in [0.1, 0.15) is 0 Å². The van der Waals surface area contributed by atoms with Gasteiger partial charge in [-0.15, -0.1) is 0 Å². The predicted molar refractivity (Wildman–Crippen MR) is 90.4 cm³/mol. The summed E-state index contributed by atoms with van der Waals surface area (Å²) in [6.45, 7) is 5.77. The molecule has 0 aliphatic carbocycles. The molecule has 0 aliphatic heterocycles. The second-order valence-electron chi connectivity index (χ2n) is 6.56. The quantitative estimate of drug-likeness (QED) is 0.589. The van der Waals surface area contributed by atoms with Crippen LogP contribution in [0.3, 0.4) is 0 Å². The van der Waals surface area contributed by atoms with Gasteiger partial charge in [0.2, 0.25) is 5.91 Å². The fraction of sp³-hybridized carbons (Fsp3) is 0.938. The first kappa shape index (κ1) is 20.3. The third-order valence-electron chi connectivity index (χ3n) is 3.47. The van der Waals surface area contributed by atoms with Crippen molar-refractivity contribution < 1.29 is 4.79 Å². The maximum atomic E-state index is 12.3. The number of nitrogens with two attached hydrogens (primary N) is 1. The monoisotopic (exact) mass is 300 g/mol. The highest BCUT2D eigenvalue weighted by Gasteiger charge is 2.13. The largest absolute Gasteiger partial charge is 0.343 e. The van der Waals surface area contributed by atoms with Gasteiger partial charge in [0.05, 0.1) is 0 Å². The minimum absolute atomic E-state index is 0.189. The number of rotatable bonds is 12. The summed E-state index contributed by atoms with van der Waals surface area (Å²) < 4.78 is 0. The van der Waals surface area contributed by atoms with Crippen molar-refractivity contribution in [2.24, 2.45) is 5.73 Å². The van der Waals surface area contributed by atoms with Crippen LogP contribution < -0.4 is 5.73 Å². The van der Waals surface area contributed by atoms with E-state index in [9.17, 15) is 4.79 Å². The third kappa shape index (κ3) is 12.8. The van der Waals surface area contributed by atoms with Gasteiger partial charge in [-0.3, -0.25) is 4.79 Å². The number of nitrogens with zero attached hydrogens (tertiary/aromatic N) is 3. The van der Waals surface area contributed by atoms with Gasteiger partial charge in [-0.05, 0) is 73.9 Å². The Bertz CT molecular complexity index is 253. The SMILES string of the molecule is CC(N)CCCC(=O)N(CCCN(C)C)CCCN(C)C. The van der Waals surface area contributed by atoms with Gasteiger partial charge < -0.3 is 20.4 Å². The second-order valence-corrected chi connectivity index (χ2v) is 6.56. The van der Waals surface area contributed by atoms with Crippen LogP contribution >= 0.6 is 0 Å². The Balaban J connectivity index is 4.16. The minimum atomic E-state index is 0.189. The van der Waals surface area contributed by atoms with Crippen LogP contribution in [0.25, 0.3) is 0 Å². The molecule has 0 rings (SSSR count). The van der Waals surface area contributed by atoms with Gasteiger partial charge in [-0.2, -0.15) is 0 Å². The van der Waals surface area contributed by atoms with E-state index in [0.717, 1.165) is 51.9 Å². The van der Waals surface area contributed by atoms with Crippen molar-refractivity contribution in [1.29, 1.82) is 0 Å². The average molecular weight is 300 g/mol. The molecular weight excluding hydrogens is 264 g/mol. The molecule has 0 aromatic rings. The molecule has 0 saturated carbocycles. The van der Waals surface area contributed by atoms with Crippen LogP contribution in [-0.4, -0.2) is 81.0 Å². The van der Waals surface area contributed by atoms with Gasteiger partial charge in [0, 0.05) is 25.6 Å². The molecule has 0 aromatic carbocycles. The fourth-order valence-corrected chi connectivity index (χ4v) is 2.25. The first-order valence-corrected chi connectivity index (χ1v) is 8.15. The Kier molecular flexibility index (Phi) is 11.6. The van der Waals surface area contributed by atoms with Crippen molar-refractivity contribution in [3.8, 4) is 0 Å². The Labute approximate surface area is 131 Å².